The summed E-state index contributed by atoms with van der Waals surface area (Å²) in [6, 6.07) is 2.05. The minimum Gasteiger partial charge on any atom is -0.513 e. The van der Waals surface area contributed by atoms with E-state index in [1.54, 1.807) is 6.20 Å². The first-order valence-electron chi connectivity index (χ1n) is 3.88. The molecule has 1 rings (SSSR count). The monoisotopic (exact) mass is 163 g/mol. The summed E-state index contributed by atoms with van der Waals surface area (Å²) < 4.78 is 0. The molecule has 2 nitrogen and oxygen atoms in total. The average Bonchev–Trinajstić information content (AvgIpc) is 1.94. The SMILES string of the molecule is C=C(O)Cc1ncc(C)cc1C. The van der Waals surface area contributed by atoms with Crippen molar-refractivity contribution in [1.29, 1.82) is 0 Å². The average molecular weight is 163 g/mol. The first-order valence-corrected chi connectivity index (χ1v) is 3.88. The van der Waals surface area contributed by atoms with Crippen LogP contribution in [0.5, 0.6) is 0 Å². The van der Waals surface area contributed by atoms with Gasteiger partial charge in [-0.2, -0.15) is 0 Å². The molecule has 64 valence electrons. The van der Waals surface area contributed by atoms with Crippen LogP contribution in [0, 0.1) is 13.8 Å². The van der Waals surface area contributed by atoms with E-state index in [0.717, 1.165) is 16.8 Å². The summed E-state index contributed by atoms with van der Waals surface area (Å²) in [5, 5.41) is 8.97. The van der Waals surface area contributed by atoms with Crippen LogP contribution in [0.1, 0.15) is 16.8 Å². The molecule has 0 aliphatic carbocycles. The van der Waals surface area contributed by atoms with Crippen LogP contribution in [0.3, 0.4) is 0 Å². The predicted molar refractivity (Wildman–Crippen MR) is 49.2 cm³/mol. The van der Waals surface area contributed by atoms with Gasteiger partial charge in [-0.15, -0.1) is 0 Å². The lowest BCUT2D eigenvalue weighted by Gasteiger charge is -2.03. The van der Waals surface area contributed by atoms with Crippen molar-refractivity contribution >= 4 is 0 Å². The number of aliphatic hydroxyl groups excluding tert-OH is 1. The van der Waals surface area contributed by atoms with Gasteiger partial charge in [0, 0.05) is 12.6 Å². The van der Waals surface area contributed by atoms with E-state index in [0.29, 0.717) is 6.42 Å². The molecule has 0 radical (unpaired) electrons. The summed E-state index contributed by atoms with van der Waals surface area (Å²) in [6.07, 6.45) is 2.25. The zero-order valence-corrected chi connectivity index (χ0v) is 7.46. The lowest BCUT2D eigenvalue weighted by molar-refractivity contribution is 0.400. The standard InChI is InChI=1S/C10H13NO/c1-7-4-8(2)10(11-6-7)5-9(3)12/h4,6,12H,3,5H2,1-2H3. The molecule has 0 amide bonds. The number of pyridine rings is 1. The van der Waals surface area contributed by atoms with Gasteiger partial charge in [0.05, 0.1) is 11.5 Å². The molecule has 1 N–H and O–H groups in total. The minimum atomic E-state index is 0.162. The molecule has 12 heavy (non-hydrogen) atoms. The Bertz CT molecular complexity index is 305. The highest BCUT2D eigenvalue weighted by molar-refractivity contribution is 5.25. The smallest absolute Gasteiger partial charge is 0.0910 e. The number of aliphatic hydroxyl groups is 1. The van der Waals surface area contributed by atoms with Gasteiger partial charge in [0.15, 0.2) is 0 Å². The van der Waals surface area contributed by atoms with Crippen LogP contribution in [0.2, 0.25) is 0 Å². The Kier molecular flexibility index (Phi) is 2.48. The molecule has 0 aliphatic rings. The first kappa shape index (κ1) is 8.78. The highest BCUT2D eigenvalue weighted by atomic mass is 16.3. The van der Waals surface area contributed by atoms with Gasteiger partial charge in [-0.3, -0.25) is 4.98 Å². The molecule has 0 aromatic carbocycles. The molecule has 0 saturated heterocycles. The third kappa shape index (κ3) is 2.09. The number of aryl methyl sites for hydroxylation is 2. The van der Waals surface area contributed by atoms with Crippen molar-refractivity contribution in [2.75, 3.05) is 0 Å². The largest absolute Gasteiger partial charge is 0.513 e. The number of rotatable bonds is 2. The third-order valence-corrected chi connectivity index (χ3v) is 1.69. The zero-order chi connectivity index (χ0) is 9.14. The molecule has 1 aromatic rings. The summed E-state index contributed by atoms with van der Waals surface area (Å²) >= 11 is 0. The Balaban J connectivity index is 2.93. The Labute approximate surface area is 72.6 Å². The van der Waals surface area contributed by atoms with Crippen molar-refractivity contribution in [3.63, 3.8) is 0 Å². The summed E-state index contributed by atoms with van der Waals surface area (Å²) in [7, 11) is 0. The highest BCUT2D eigenvalue weighted by Gasteiger charge is 2.00. The molecule has 0 aliphatic heterocycles. The molecular weight excluding hydrogens is 150 g/mol. The van der Waals surface area contributed by atoms with Gasteiger partial charge >= 0.3 is 0 Å². The van der Waals surface area contributed by atoms with Crippen LogP contribution >= 0.6 is 0 Å². The van der Waals surface area contributed by atoms with E-state index in [-0.39, 0.29) is 5.76 Å². The van der Waals surface area contributed by atoms with E-state index in [9.17, 15) is 0 Å². The number of nitrogens with zero attached hydrogens (tertiary/aromatic N) is 1. The maximum Gasteiger partial charge on any atom is 0.0910 e. The Morgan fingerprint density at radius 2 is 2.25 bits per heavy atom. The van der Waals surface area contributed by atoms with Crippen LogP contribution in [0.4, 0.5) is 0 Å². The summed E-state index contributed by atoms with van der Waals surface area (Å²) in [6.45, 7) is 7.41. The van der Waals surface area contributed by atoms with Gasteiger partial charge < -0.3 is 5.11 Å². The van der Waals surface area contributed by atoms with Gasteiger partial charge in [0.2, 0.25) is 0 Å². The quantitative estimate of drug-likeness (QED) is 0.679. The number of hydrogen-bond acceptors (Lipinski definition) is 2. The zero-order valence-electron chi connectivity index (χ0n) is 7.46. The maximum atomic E-state index is 8.97. The normalized spacial score (nSPS) is 9.83. The van der Waals surface area contributed by atoms with E-state index >= 15 is 0 Å². The molecule has 0 saturated carbocycles. The lowest BCUT2D eigenvalue weighted by Crippen LogP contribution is -1.96. The Morgan fingerprint density at radius 1 is 1.58 bits per heavy atom. The van der Waals surface area contributed by atoms with E-state index in [1.807, 2.05) is 19.9 Å². The molecule has 1 heterocycles. The summed E-state index contributed by atoms with van der Waals surface area (Å²) in [5.41, 5.74) is 3.14. The van der Waals surface area contributed by atoms with Crippen LogP contribution in [0.15, 0.2) is 24.6 Å². The number of allylic oxidation sites excluding steroid dienone is 1. The molecule has 0 atom stereocenters. The topological polar surface area (TPSA) is 33.1 Å². The molecule has 0 unspecified atom stereocenters. The first-order chi connectivity index (χ1) is 5.59. The molecule has 0 spiro atoms. The molecule has 0 bridgehead atoms. The number of aromatic nitrogens is 1. The van der Waals surface area contributed by atoms with E-state index < -0.39 is 0 Å². The van der Waals surface area contributed by atoms with Crippen LogP contribution in [-0.4, -0.2) is 10.1 Å². The van der Waals surface area contributed by atoms with Crippen molar-refractivity contribution in [3.05, 3.63) is 41.4 Å². The fourth-order valence-electron chi connectivity index (χ4n) is 1.12. The molecule has 0 fully saturated rings. The van der Waals surface area contributed by atoms with E-state index in [1.165, 1.54) is 0 Å². The third-order valence-electron chi connectivity index (χ3n) is 1.69. The second-order valence-electron chi connectivity index (χ2n) is 3.02. The van der Waals surface area contributed by atoms with Crippen molar-refractivity contribution in [1.82, 2.24) is 4.98 Å². The van der Waals surface area contributed by atoms with Gasteiger partial charge in [0.1, 0.15) is 0 Å². The van der Waals surface area contributed by atoms with Crippen molar-refractivity contribution in [3.8, 4) is 0 Å². The Morgan fingerprint density at radius 3 is 2.75 bits per heavy atom. The van der Waals surface area contributed by atoms with Crippen LogP contribution in [0.25, 0.3) is 0 Å². The van der Waals surface area contributed by atoms with Gasteiger partial charge in [-0.1, -0.05) is 12.6 Å². The van der Waals surface area contributed by atoms with Crippen LogP contribution < -0.4 is 0 Å². The fraction of sp³-hybridized carbons (Fsp3) is 0.300. The van der Waals surface area contributed by atoms with Gasteiger partial charge in [0.25, 0.3) is 0 Å². The Hall–Kier alpha value is -1.31. The predicted octanol–water partition coefficient (Wildman–Crippen LogP) is 2.31. The molecule has 2 heteroatoms. The second-order valence-corrected chi connectivity index (χ2v) is 3.02. The molecular formula is C10H13NO. The maximum absolute atomic E-state index is 8.97. The van der Waals surface area contributed by atoms with Gasteiger partial charge in [-0.25, -0.2) is 0 Å². The lowest BCUT2D eigenvalue weighted by atomic mass is 10.1. The summed E-state index contributed by atoms with van der Waals surface area (Å²) in [4.78, 5) is 4.20. The van der Waals surface area contributed by atoms with E-state index in [4.69, 9.17) is 5.11 Å². The van der Waals surface area contributed by atoms with Crippen molar-refractivity contribution in [2.45, 2.75) is 20.3 Å². The van der Waals surface area contributed by atoms with Crippen molar-refractivity contribution in [2.24, 2.45) is 0 Å². The van der Waals surface area contributed by atoms with Gasteiger partial charge in [-0.05, 0) is 25.0 Å². The number of hydrogen-bond donors (Lipinski definition) is 1. The van der Waals surface area contributed by atoms with Crippen LogP contribution in [-0.2, 0) is 6.42 Å². The minimum absolute atomic E-state index is 0.162. The second kappa shape index (κ2) is 3.39. The van der Waals surface area contributed by atoms with E-state index in [2.05, 4.69) is 11.6 Å². The highest BCUT2D eigenvalue weighted by Crippen LogP contribution is 2.09. The fourth-order valence-corrected chi connectivity index (χ4v) is 1.12. The summed E-state index contributed by atoms with van der Waals surface area (Å²) in [5.74, 6) is 0.162. The molecule has 1 aromatic heterocycles. The van der Waals surface area contributed by atoms with Crippen molar-refractivity contribution < 1.29 is 5.11 Å².